The fourth-order valence-corrected chi connectivity index (χ4v) is 3.19. The van der Waals surface area contributed by atoms with E-state index in [4.69, 9.17) is 0 Å². The first-order valence-corrected chi connectivity index (χ1v) is 8.83. The summed E-state index contributed by atoms with van der Waals surface area (Å²) in [5, 5.41) is 0. The minimum atomic E-state index is 1.29. The molecule has 0 aliphatic heterocycles. The number of hydrogen-bond donors (Lipinski definition) is 0. The first-order chi connectivity index (χ1) is 8.86. The highest BCUT2D eigenvalue weighted by Gasteiger charge is 1.97. The lowest BCUT2D eigenvalue weighted by molar-refractivity contribution is 0.662. The average Bonchev–Trinajstić information content (AvgIpc) is 2.40. The molecule has 1 heterocycles. The largest absolute Gasteiger partial charge is 0.0759 e. The van der Waals surface area contributed by atoms with Crippen LogP contribution in [0, 0.1) is 0 Å². The smallest absolute Gasteiger partial charge is 0.0275 e. The first-order valence-electron chi connectivity index (χ1n) is 7.79. The third-order valence-electron chi connectivity index (χ3n) is 3.49. The summed E-state index contributed by atoms with van der Waals surface area (Å²) < 4.78 is 0. The van der Waals surface area contributed by atoms with Gasteiger partial charge in [-0.15, -0.1) is 0 Å². The molecule has 0 bridgehead atoms. The van der Waals surface area contributed by atoms with Crippen LogP contribution in [-0.2, 0) is 12.8 Å². The van der Waals surface area contributed by atoms with E-state index in [9.17, 15) is 0 Å². The van der Waals surface area contributed by atoms with Gasteiger partial charge in [-0.3, -0.25) is 0 Å². The van der Waals surface area contributed by atoms with E-state index >= 15 is 0 Å². The molecule has 1 rings (SSSR count). The number of hydrogen-bond acceptors (Lipinski definition) is 0. The van der Waals surface area contributed by atoms with Crippen LogP contribution in [0.4, 0.5) is 0 Å². The number of unbranched alkanes of at least 4 members (excludes halogenated alkanes) is 6. The Morgan fingerprint density at radius 2 is 1.22 bits per heavy atom. The van der Waals surface area contributed by atoms with Crippen LogP contribution in [0.2, 0.25) is 0 Å². The monoisotopic (exact) mass is 264 g/mol. The predicted molar refractivity (Wildman–Crippen MR) is 84.6 cm³/mol. The second-order valence-electron chi connectivity index (χ2n) is 5.32. The summed E-state index contributed by atoms with van der Waals surface area (Å²) in [5.41, 5.74) is 3.17. The van der Waals surface area contributed by atoms with Crippen molar-refractivity contribution < 1.29 is 0 Å². The van der Waals surface area contributed by atoms with Crippen LogP contribution in [0.25, 0.3) is 0 Å². The Morgan fingerprint density at radius 1 is 0.722 bits per heavy atom. The van der Waals surface area contributed by atoms with Gasteiger partial charge in [0, 0.05) is 0 Å². The average molecular weight is 264 g/mol. The van der Waals surface area contributed by atoms with Crippen LogP contribution in [0.15, 0.2) is 17.7 Å². The SMILES string of the molecule is CCCCCCc1cpcc(CCCCCC)c1. The van der Waals surface area contributed by atoms with Crippen molar-refractivity contribution in [3.05, 3.63) is 28.8 Å². The fourth-order valence-electron chi connectivity index (χ4n) is 2.33. The molecule has 1 aromatic rings. The molecule has 18 heavy (non-hydrogen) atoms. The molecule has 0 unspecified atom stereocenters. The minimum absolute atomic E-state index is 1.29. The molecule has 0 aliphatic carbocycles. The van der Waals surface area contributed by atoms with Crippen molar-refractivity contribution in [3.8, 4) is 0 Å². The Hall–Kier alpha value is -0.350. The van der Waals surface area contributed by atoms with Gasteiger partial charge in [-0.1, -0.05) is 66.6 Å². The molecular weight excluding hydrogens is 235 g/mol. The van der Waals surface area contributed by atoms with Gasteiger partial charge >= 0.3 is 0 Å². The molecule has 102 valence electrons. The third kappa shape index (κ3) is 7.17. The van der Waals surface area contributed by atoms with Gasteiger partial charge in [-0.2, -0.15) is 0 Å². The Bertz CT molecular complexity index is 279. The number of rotatable bonds is 10. The standard InChI is InChI=1S/C17H29P/c1-3-5-7-9-11-16-13-17(15-18-14-16)12-10-8-6-4-2/h13-15H,3-12H2,1-2H3. The van der Waals surface area contributed by atoms with E-state index in [0.717, 1.165) is 0 Å². The zero-order valence-electron chi connectivity index (χ0n) is 12.3. The molecule has 0 nitrogen and oxygen atoms in total. The summed E-state index contributed by atoms with van der Waals surface area (Å²) in [6.07, 6.45) is 13.6. The van der Waals surface area contributed by atoms with Crippen LogP contribution in [-0.4, -0.2) is 0 Å². The van der Waals surface area contributed by atoms with Gasteiger partial charge in [0.15, 0.2) is 0 Å². The Labute approximate surface area is 115 Å². The van der Waals surface area contributed by atoms with Crippen molar-refractivity contribution in [1.82, 2.24) is 0 Å². The molecule has 0 atom stereocenters. The van der Waals surface area contributed by atoms with Crippen LogP contribution < -0.4 is 0 Å². The van der Waals surface area contributed by atoms with Gasteiger partial charge in [0.25, 0.3) is 0 Å². The van der Waals surface area contributed by atoms with E-state index in [1.54, 1.807) is 11.1 Å². The van der Waals surface area contributed by atoms with Gasteiger partial charge in [-0.25, -0.2) is 0 Å². The van der Waals surface area contributed by atoms with Gasteiger partial charge < -0.3 is 0 Å². The quantitative estimate of drug-likeness (QED) is 0.422. The Balaban J connectivity index is 2.27. The molecule has 1 aromatic heterocycles. The van der Waals surface area contributed by atoms with Crippen molar-refractivity contribution in [1.29, 1.82) is 0 Å². The van der Waals surface area contributed by atoms with Crippen molar-refractivity contribution >= 4 is 8.19 Å². The van der Waals surface area contributed by atoms with E-state index in [1.165, 1.54) is 72.4 Å². The minimum Gasteiger partial charge on any atom is -0.0759 e. The summed E-state index contributed by atoms with van der Waals surface area (Å²) in [6, 6.07) is 2.45. The zero-order valence-corrected chi connectivity index (χ0v) is 13.1. The van der Waals surface area contributed by atoms with Gasteiger partial charge in [0.1, 0.15) is 0 Å². The molecule has 0 fully saturated rings. The van der Waals surface area contributed by atoms with E-state index in [0.29, 0.717) is 0 Å². The van der Waals surface area contributed by atoms with Gasteiger partial charge in [0.2, 0.25) is 0 Å². The van der Waals surface area contributed by atoms with Crippen LogP contribution in [0.1, 0.15) is 76.3 Å². The maximum absolute atomic E-state index is 2.45. The number of aryl methyl sites for hydroxylation is 2. The van der Waals surface area contributed by atoms with Crippen LogP contribution >= 0.6 is 8.19 Å². The molecule has 0 N–H and O–H groups in total. The lowest BCUT2D eigenvalue weighted by Crippen LogP contribution is -1.89. The normalized spacial score (nSPS) is 10.8. The molecule has 0 amide bonds. The summed E-state index contributed by atoms with van der Waals surface area (Å²) >= 11 is 0. The second kappa shape index (κ2) is 10.6. The lowest BCUT2D eigenvalue weighted by atomic mass is 10.0. The molecule has 1 heteroatoms. The first kappa shape index (κ1) is 15.7. The van der Waals surface area contributed by atoms with Crippen LogP contribution in [0.3, 0.4) is 0 Å². The van der Waals surface area contributed by atoms with Gasteiger partial charge in [-0.05, 0) is 48.4 Å². The fraction of sp³-hybridized carbons (Fsp3) is 0.706. The molecule has 0 saturated carbocycles. The van der Waals surface area contributed by atoms with E-state index < -0.39 is 0 Å². The summed E-state index contributed by atoms with van der Waals surface area (Å²) in [7, 11) is 1.41. The maximum Gasteiger partial charge on any atom is -0.0275 e. The predicted octanol–water partition coefficient (Wildman–Crippen LogP) is 6.51. The third-order valence-corrected chi connectivity index (χ3v) is 4.45. The second-order valence-corrected chi connectivity index (χ2v) is 6.14. The molecule has 0 radical (unpaired) electrons. The molecule has 0 aromatic carbocycles. The highest BCUT2D eigenvalue weighted by Crippen LogP contribution is 2.18. The molecule has 0 saturated heterocycles. The molecule has 0 aliphatic rings. The van der Waals surface area contributed by atoms with E-state index in [1.807, 2.05) is 0 Å². The summed E-state index contributed by atoms with van der Waals surface area (Å²) in [4.78, 5) is 0. The van der Waals surface area contributed by atoms with Crippen molar-refractivity contribution in [3.63, 3.8) is 0 Å². The Kier molecular flexibility index (Phi) is 9.22. The van der Waals surface area contributed by atoms with Crippen molar-refractivity contribution in [2.75, 3.05) is 0 Å². The van der Waals surface area contributed by atoms with E-state index in [-0.39, 0.29) is 0 Å². The zero-order chi connectivity index (χ0) is 13.1. The molecule has 0 spiro atoms. The Morgan fingerprint density at radius 3 is 1.67 bits per heavy atom. The molecular formula is C17H29P. The van der Waals surface area contributed by atoms with Crippen molar-refractivity contribution in [2.24, 2.45) is 0 Å². The summed E-state index contributed by atoms with van der Waals surface area (Å²) in [6.45, 7) is 4.56. The topological polar surface area (TPSA) is 0 Å². The van der Waals surface area contributed by atoms with Crippen LogP contribution in [0.5, 0.6) is 0 Å². The lowest BCUT2D eigenvalue weighted by Gasteiger charge is -2.05. The van der Waals surface area contributed by atoms with E-state index in [2.05, 4.69) is 31.5 Å². The van der Waals surface area contributed by atoms with Gasteiger partial charge in [0.05, 0.1) is 0 Å². The maximum atomic E-state index is 2.45. The highest BCUT2D eigenvalue weighted by atomic mass is 31.0. The highest BCUT2D eigenvalue weighted by molar-refractivity contribution is 7.28. The summed E-state index contributed by atoms with van der Waals surface area (Å²) in [5.74, 6) is 4.78. The van der Waals surface area contributed by atoms with Crippen molar-refractivity contribution in [2.45, 2.75) is 78.1 Å².